The number of ketones is 1. The molecule has 0 aliphatic carbocycles. The van der Waals surface area contributed by atoms with Gasteiger partial charge in [-0.2, -0.15) is 0 Å². The first kappa shape index (κ1) is 17.5. The van der Waals surface area contributed by atoms with Crippen molar-refractivity contribution in [3.63, 3.8) is 0 Å². The van der Waals surface area contributed by atoms with Crippen LogP contribution in [-0.4, -0.2) is 36.4 Å². The first-order chi connectivity index (χ1) is 11.4. The number of nitrogens with one attached hydrogen (secondary N) is 1. The van der Waals surface area contributed by atoms with E-state index in [4.69, 9.17) is 9.47 Å². The monoisotopic (exact) mass is 329 g/mol. The highest BCUT2D eigenvalue weighted by molar-refractivity contribution is 6.03. The second-order valence-corrected chi connectivity index (χ2v) is 5.43. The van der Waals surface area contributed by atoms with Crippen LogP contribution in [0.5, 0.6) is 0 Å². The number of aromatic nitrogens is 1. The summed E-state index contributed by atoms with van der Waals surface area (Å²) in [6, 6.07) is 6.98. The van der Waals surface area contributed by atoms with Crippen molar-refractivity contribution in [2.24, 2.45) is 0 Å². The molecule has 0 amide bonds. The van der Waals surface area contributed by atoms with E-state index >= 15 is 0 Å². The third-order valence-corrected chi connectivity index (χ3v) is 3.81. The van der Waals surface area contributed by atoms with Crippen molar-refractivity contribution in [1.29, 1.82) is 0 Å². The normalized spacial score (nSPS) is 10.3. The minimum absolute atomic E-state index is 0.241. The predicted octanol–water partition coefficient (Wildman–Crippen LogP) is 2.77. The van der Waals surface area contributed by atoms with Gasteiger partial charge in [0.15, 0.2) is 6.61 Å². The number of ether oxygens (including phenoxy) is 2. The summed E-state index contributed by atoms with van der Waals surface area (Å²) in [5.74, 6) is -1.49. The molecule has 0 saturated heterocycles. The molecule has 0 bridgehead atoms. The Morgan fingerprint density at radius 2 is 1.71 bits per heavy atom. The van der Waals surface area contributed by atoms with Gasteiger partial charge in [0.1, 0.15) is 0 Å². The van der Waals surface area contributed by atoms with Crippen LogP contribution in [0, 0.1) is 20.8 Å². The third kappa shape index (κ3) is 3.37. The van der Waals surface area contributed by atoms with E-state index in [0.717, 1.165) is 5.56 Å². The second kappa shape index (κ2) is 7.12. The van der Waals surface area contributed by atoms with Crippen LogP contribution in [0.4, 0.5) is 0 Å². The van der Waals surface area contributed by atoms with Crippen LogP contribution in [0.15, 0.2) is 24.3 Å². The van der Waals surface area contributed by atoms with Gasteiger partial charge in [0, 0.05) is 5.69 Å². The Morgan fingerprint density at radius 3 is 2.33 bits per heavy atom. The number of H-pyrrole nitrogens is 1. The highest BCUT2D eigenvalue weighted by atomic mass is 16.5. The van der Waals surface area contributed by atoms with Crippen LogP contribution in [0.25, 0.3) is 0 Å². The van der Waals surface area contributed by atoms with E-state index in [1.807, 2.05) is 6.07 Å². The topological polar surface area (TPSA) is 85.5 Å². The molecule has 2 aromatic rings. The molecule has 0 unspecified atom stereocenters. The van der Waals surface area contributed by atoms with Gasteiger partial charge in [-0.3, -0.25) is 4.79 Å². The summed E-state index contributed by atoms with van der Waals surface area (Å²) >= 11 is 0. The van der Waals surface area contributed by atoms with E-state index in [2.05, 4.69) is 4.98 Å². The number of hydrogen-bond acceptors (Lipinski definition) is 5. The minimum Gasteiger partial charge on any atom is -0.465 e. The van der Waals surface area contributed by atoms with Crippen LogP contribution in [-0.2, 0) is 9.47 Å². The van der Waals surface area contributed by atoms with Crippen molar-refractivity contribution in [2.75, 3.05) is 13.7 Å². The number of carbonyl (C=O) groups excluding carboxylic acids is 3. The zero-order valence-electron chi connectivity index (χ0n) is 14.1. The van der Waals surface area contributed by atoms with Gasteiger partial charge < -0.3 is 14.5 Å². The molecule has 0 aliphatic rings. The van der Waals surface area contributed by atoms with E-state index in [9.17, 15) is 14.4 Å². The average Bonchev–Trinajstić information content (AvgIpc) is 2.86. The number of carbonyl (C=O) groups is 3. The molecule has 6 heteroatoms. The molecule has 0 radical (unpaired) electrons. The van der Waals surface area contributed by atoms with Crippen LogP contribution in [0.2, 0.25) is 0 Å². The van der Waals surface area contributed by atoms with Crippen molar-refractivity contribution in [3.05, 3.63) is 57.9 Å². The summed E-state index contributed by atoms with van der Waals surface area (Å²) < 4.78 is 9.80. The Balaban J connectivity index is 2.13. The number of aromatic amines is 1. The molecule has 2 rings (SSSR count). The molecule has 1 aromatic heterocycles. The number of methoxy groups -OCH3 is 1. The number of hydrogen-bond donors (Lipinski definition) is 1. The fourth-order valence-corrected chi connectivity index (χ4v) is 2.52. The van der Waals surface area contributed by atoms with Gasteiger partial charge in [-0.05, 0) is 38.0 Å². The first-order valence-electron chi connectivity index (χ1n) is 7.40. The molecule has 0 aliphatic heterocycles. The summed E-state index contributed by atoms with van der Waals surface area (Å²) in [7, 11) is 1.28. The molecule has 1 heterocycles. The maximum Gasteiger partial charge on any atom is 0.339 e. The van der Waals surface area contributed by atoms with E-state index in [-0.39, 0.29) is 5.69 Å². The molecule has 1 aromatic carbocycles. The summed E-state index contributed by atoms with van der Waals surface area (Å²) in [4.78, 5) is 39.0. The number of esters is 2. The number of Topliss-reactive ketones (excluding diaryl/α,β-unsaturated/α-hetero) is 1. The number of rotatable bonds is 5. The second-order valence-electron chi connectivity index (χ2n) is 5.43. The van der Waals surface area contributed by atoms with Gasteiger partial charge in [-0.1, -0.05) is 18.2 Å². The van der Waals surface area contributed by atoms with Crippen LogP contribution < -0.4 is 0 Å². The van der Waals surface area contributed by atoms with E-state index in [1.54, 1.807) is 39.0 Å². The zero-order chi connectivity index (χ0) is 17.9. The van der Waals surface area contributed by atoms with Crippen LogP contribution >= 0.6 is 0 Å². The number of benzene rings is 1. The van der Waals surface area contributed by atoms with Crippen LogP contribution in [0.3, 0.4) is 0 Å². The van der Waals surface area contributed by atoms with E-state index in [1.165, 1.54) is 7.11 Å². The quantitative estimate of drug-likeness (QED) is 0.673. The lowest BCUT2D eigenvalue weighted by atomic mass is 10.1. The first-order valence-corrected chi connectivity index (χ1v) is 7.40. The standard InChI is InChI=1S/C18H19NO5/c1-10-7-5-6-8-13(10)17(21)24-9-14(20)16-11(2)15(12(3)19-16)18(22)23-4/h5-8,19H,9H2,1-4H3. The predicted molar refractivity (Wildman–Crippen MR) is 87.4 cm³/mol. The lowest BCUT2D eigenvalue weighted by molar-refractivity contribution is 0.0472. The Kier molecular flexibility index (Phi) is 5.18. The van der Waals surface area contributed by atoms with Crippen molar-refractivity contribution < 1.29 is 23.9 Å². The Morgan fingerprint density at radius 1 is 1.04 bits per heavy atom. The Hall–Kier alpha value is -2.89. The maximum absolute atomic E-state index is 12.3. The molecule has 0 saturated carbocycles. The van der Waals surface area contributed by atoms with Crippen molar-refractivity contribution in [3.8, 4) is 0 Å². The van der Waals surface area contributed by atoms with Crippen molar-refractivity contribution >= 4 is 17.7 Å². The molecule has 1 N–H and O–H groups in total. The minimum atomic E-state index is -0.560. The lowest BCUT2D eigenvalue weighted by Crippen LogP contribution is -2.16. The van der Waals surface area contributed by atoms with Crippen LogP contribution in [0.1, 0.15) is 48.0 Å². The summed E-state index contributed by atoms with van der Waals surface area (Å²) in [6.45, 7) is 4.70. The van der Waals surface area contributed by atoms with Gasteiger partial charge in [0.05, 0.1) is 23.9 Å². The Bertz CT molecular complexity index is 804. The van der Waals surface area contributed by atoms with E-state index < -0.39 is 24.3 Å². The molecule has 24 heavy (non-hydrogen) atoms. The van der Waals surface area contributed by atoms with Crippen molar-refractivity contribution in [2.45, 2.75) is 20.8 Å². The molecule has 0 spiro atoms. The van der Waals surface area contributed by atoms with Gasteiger partial charge in [-0.25, -0.2) is 9.59 Å². The highest BCUT2D eigenvalue weighted by Gasteiger charge is 2.23. The molecule has 0 atom stereocenters. The zero-order valence-corrected chi connectivity index (χ0v) is 14.1. The SMILES string of the molecule is COC(=O)c1c(C)[nH]c(C(=O)COC(=O)c2ccccc2C)c1C. The molecular weight excluding hydrogens is 310 g/mol. The summed E-state index contributed by atoms with van der Waals surface area (Å²) in [6.07, 6.45) is 0. The molecule has 0 fully saturated rings. The summed E-state index contributed by atoms with van der Waals surface area (Å²) in [5.41, 5.74) is 2.77. The lowest BCUT2D eigenvalue weighted by Gasteiger charge is -2.06. The highest BCUT2D eigenvalue weighted by Crippen LogP contribution is 2.19. The van der Waals surface area contributed by atoms with Gasteiger partial charge in [-0.15, -0.1) is 0 Å². The smallest absolute Gasteiger partial charge is 0.339 e. The largest absolute Gasteiger partial charge is 0.465 e. The van der Waals surface area contributed by atoms with E-state index in [0.29, 0.717) is 22.4 Å². The fraction of sp³-hybridized carbons (Fsp3) is 0.278. The van der Waals surface area contributed by atoms with Gasteiger partial charge >= 0.3 is 11.9 Å². The van der Waals surface area contributed by atoms with Crippen molar-refractivity contribution in [1.82, 2.24) is 4.98 Å². The van der Waals surface area contributed by atoms with Gasteiger partial charge in [0.25, 0.3) is 0 Å². The fourth-order valence-electron chi connectivity index (χ4n) is 2.52. The Labute approximate surface area is 139 Å². The average molecular weight is 329 g/mol. The molecule has 126 valence electrons. The number of aryl methyl sites for hydroxylation is 2. The third-order valence-electron chi connectivity index (χ3n) is 3.81. The molecule has 6 nitrogen and oxygen atoms in total. The molecular formula is C18H19NO5. The van der Waals surface area contributed by atoms with Gasteiger partial charge in [0.2, 0.25) is 5.78 Å². The maximum atomic E-state index is 12.3. The summed E-state index contributed by atoms with van der Waals surface area (Å²) in [5, 5.41) is 0.